The first kappa shape index (κ1) is 15.3. The minimum absolute atomic E-state index is 0.0562. The molecule has 0 bridgehead atoms. The van der Waals surface area contributed by atoms with Crippen LogP contribution in [-0.2, 0) is 4.79 Å². The number of hydrogen-bond donors (Lipinski definition) is 1. The molecule has 2 aromatic heterocycles. The normalized spacial score (nSPS) is 12.6. The Morgan fingerprint density at radius 3 is 2.90 bits per heavy atom. The molecule has 108 valence electrons. The van der Waals surface area contributed by atoms with Gasteiger partial charge in [0, 0.05) is 16.3 Å². The molecular formula is C14H19N3OS2. The minimum atomic E-state index is 0.0562. The molecule has 2 aromatic rings. The van der Waals surface area contributed by atoms with Crippen LogP contribution in [0.1, 0.15) is 30.7 Å². The van der Waals surface area contributed by atoms with Gasteiger partial charge in [-0.15, -0.1) is 11.3 Å². The van der Waals surface area contributed by atoms with Crippen molar-refractivity contribution >= 4 is 39.2 Å². The fourth-order valence-corrected chi connectivity index (χ4v) is 3.74. The number of thioether (sulfide) groups is 1. The third kappa shape index (κ3) is 3.30. The van der Waals surface area contributed by atoms with Crippen LogP contribution in [0.4, 0.5) is 0 Å². The Hall–Kier alpha value is -1.14. The zero-order chi connectivity index (χ0) is 14.7. The lowest BCUT2D eigenvalue weighted by Gasteiger charge is -2.10. The Balaban J connectivity index is 2.12. The van der Waals surface area contributed by atoms with Gasteiger partial charge in [0.15, 0.2) is 0 Å². The van der Waals surface area contributed by atoms with E-state index >= 15 is 0 Å². The van der Waals surface area contributed by atoms with Crippen LogP contribution in [0.2, 0.25) is 0 Å². The molecule has 0 aliphatic heterocycles. The van der Waals surface area contributed by atoms with Gasteiger partial charge in [-0.3, -0.25) is 4.79 Å². The number of fused-ring (bicyclic) bond motifs is 1. The lowest BCUT2D eigenvalue weighted by Crippen LogP contribution is -2.33. The number of nitrogens with one attached hydrogen (secondary N) is 1. The molecule has 0 aliphatic rings. The highest BCUT2D eigenvalue weighted by Gasteiger charge is 2.14. The van der Waals surface area contributed by atoms with Gasteiger partial charge in [-0.1, -0.05) is 18.7 Å². The first-order valence-corrected chi connectivity index (χ1v) is 8.46. The van der Waals surface area contributed by atoms with E-state index in [4.69, 9.17) is 0 Å². The zero-order valence-electron chi connectivity index (χ0n) is 12.2. The quantitative estimate of drug-likeness (QED) is 0.680. The fraction of sp³-hybridized carbons (Fsp3) is 0.500. The summed E-state index contributed by atoms with van der Waals surface area (Å²) in [6.45, 7) is 8.24. The molecular weight excluding hydrogens is 290 g/mol. The number of thiophene rings is 1. The Morgan fingerprint density at radius 2 is 2.20 bits per heavy atom. The van der Waals surface area contributed by atoms with Crippen LogP contribution < -0.4 is 5.32 Å². The molecule has 6 heteroatoms. The van der Waals surface area contributed by atoms with Crippen molar-refractivity contribution in [3.8, 4) is 0 Å². The molecule has 1 amide bonds. The molecule has 1 N–H and O–H groups in total. The van der Waals surface area contributed by atoms with Crippen molar-refractivity contribution in [2.45, 2.75) is 45.2 Å². The van der Waals surface area contributed by atoms with Crippen molar-refractivity contribution in [1.82, 2.24) is 15.3 Å². The van der Waals surface area contributed by atoms with Gasteiger partial charge in [-0.2, -0.15) is 0 Å². The summed E-state index contributed by atoms with van der Waals surface area (Å²) in [4.78, 5) is 22.7. The van der Waals surface area contributed by atoms with Crippen molar-refractivity contribution in [2.24, 2.45) is 0 Å². The summed E-state index contributed by atoms with van der Waals surface area (Å²) in [6.07, 6.45) is 2.52. The van der Waals surface area contributed by atoms with E-state index in [1.54, 1.807) is 17.7 Å². The SMILES string of the molecule is CC[C@@H](C)NC(=O)CSc1ncnc2sc(C)c(C)c12. The topological polar surface area (TPSA) is 54.9 Å². The Kier molecular flexibility index (Phi) is 4.99. The summed E-state index contributed by atoms with van der Waals surface area (Å²) in [6, 6.07) is 0.221. The molecule has 0 aliphatic carbocycles. The second-order valence-electron chi connectivity index (χ2n) is 4.81. The molecule has 0 unspecified atom stereocenters. The van der Waals surface area contributed by atoms with Gasteiger partial charge in [0.05, 0.1) is 5.75 Å². The molecule has 2 rings (SSSR count). The van der Waals surface area contributed by atoms with Crippen molar-refractivity contribution in [1.29, 1.82) is 0 Å². The van der Waals surface area contributed by atoms with E-state index in [0.29, 0.717) is 5.75 Å². The number of carbonyl (C=O) groups is 1. The second-order valence-corrected chi connectivity index (χ2v) is 6.97. The standard InChI is InChI=1S/C14H19N3OS2/c1-5-8(2)17-11(18)6-19-13-12-9(3)10(4)20-14(12)16-7-15-13/h7-8H,5-6H2,1-4H3,(H,17,18)/t8-/m1/s1. The second kappa shape index (κ2) is 6.54. The van der Waals surface area contributed by atoms with Crippen LogP contribution >= 0.6 is 23.1 Å². The highest BCUT2D eigenvalue weighted by Crippen LogP contribution is 2.34. The monoisotopic (exact) mass is 309 g/mol. The van der Waals surface area contributed by atoms with E-state index in [2.05, 4.69) is 36.1 Å². The molecule has 20 heavy (non-hydrogen) atoms. The number of rotatable bonds is 5. The van der Waals surface area contributed by atoms with Crippen molar-refractivity contribution in [3.05, 3.63) is 16.8 Å². The summed E-state index contributed by atoms with van der Waals surface area (Å²) >= 11 is 3.16. The molecule has 4 nitrogen and oxygen atoms in total. The maximum absolute atomic E-state index is 11.8. The van der Waals surface area contributed by atoms with Crippen LogP contribution in [-0.4, -0.2) is 27.7 Å². The number of amides is 1. The van der Waals surface area contributed by atoms with Crippen molar-refractivity contribution < 1.29 is 4.79 Å². The predicted octanol–water partition coefficient (Wildman–Crippen LogP) is 3.31. The number of aryl methyl sites for hydroxylation is 2. The predicted molar refractivity (Wildman–Crippen MR) is 85.5 cm³/mol. The summed E-state index contributed by atoms with van der Waals surface area (Å²) in [7, 11) is 0. The molecule has 0 fully saturated rings. The average molecular weight is 309 g/mol. The molecule has 0 saturated carbocycles. The average Bonchev–Trinajstić information content (AvgIpc) is 2.72. The van der Waals surface area contributed by atoms with E-state index < -0.39 is 0 Å². The smallest absolute Gasteiger partial charge is 0.230 e. The summed E-state index contributed by atoms with van der Waals surface area (Å²) in [5.41, 5.74) is 1.22. The first-order chi connectivity index (χ1) is 9.52. The van der Waals surface area contributed by atoms with Crippen LogP contribution in [0.15, 0.2) is 11.4 Å². The van der Waals surface area contributed by atoms with E-state index in [0.717, 1.165) is 21.7 Å². The van der Waals surface area contributed by atoms with Crippen molar-refractivity contribution in [3.63, 3.8) is 0 Å². The maximum atomic E-state index is 11.8. The number of aromatic nitrogens is 2. The van der Waals surface area contributed by atoms with Gasteiger partial charge < -0.3 is 5.32 Å². The van der Waals surface area contributed by atoms with E-state index in [1.807, 2.05) is 6.92 Å². The van der Waals surface area contributed by atoms with Crippen LogP contribution in [0.3, 0.4) is 0 Å². The maximum Gasteiger partial charge on any atom is 0.230 e. The zero-order valence-corrected chi connectivity index (χ0v) is 13.8. The number of carbonyl (C=O) groups excluding carboxylic acids is 1. The lowest BCUT2D eigenvalue weighted by molar-refractivity contribution is -0.119. The third-order valence-electron chi connectivity index (χ3n) is 3.29. The largest absolute Gasteiger partial charge is 0.353 e. The van der Waals surface area contributed by atoms with E-state index in [1.165, 1.54) is 22.2 Å². The molecule has 0 aromatic carbocycles. The number of nitrogens with zero attached hydrogens (tertiary/aromatic N) is 2. The van der Waals surface area contributed by atoms with Gasteiger partial charge in [0.25, 0.3) is 0 Å². The Bertz CT molecular complexity index is 624. The molecule has 0 spiro atoms. The van der Waals surface area contributed by atoms with E-state index in [9.17, 15) is 4.79 Å². The van der Waals surface area contributed by atoms with Gasteiger partial charge in [0.2, 0.25) is 5.91 Å². The Morgan fingerprint density at radius 1 is 1.45 bits per heavy atom. The van der Waals surface area contributed by atoms with Crippen LogP contribution in [0.5, 0.6) is 0 Å². The van der Waals surface area contributed by atoms with E-state index in [-0.39, 0.29) is 11.9 Å². The van der Waals surface area contributed by atoms with Crippen LogP contribution in [0, 0.1) is 13.8 Å². The van der Waals surface area contributed by atoms with Crippen LogP contribution in [0.25, 0.3) is 10.2 Å². The molecule has 0 radical (unpaired) electrons. The van der Waals surface area contributed by atoms with Gasteiger partial charge in [-0.25, -0.2) is 9.97 Å². The summed E-state index contributed by atoms with van der Waals surface area (Å²) < 4.78 is 0. The van der Waals surface area contributed by atoms with Gasteiger partial charge in [-0.05, 0) is 32.8 Å². The Labute approximate surface area is 127 Å². The summed E-state index contributed by atoms with van der Waals surface area (Å²) in [5, 5.41) is 4.96. The summed E-state index contributed by atoms with van der Waals surface area (Å²) in [5.74, 6) is 0.450. The first-order valence-electron chi connectivity index (χ1n) is 6.65. The molecule has 1 atom stereocenters. The van der Waals surface area contributed by atoms with Gasteiger partial charge in [0.1, 0.15) is 16.2 Å². The lowest BCUT2D eigenvalue weighted by atomic mass is 10.2. The molecule has 2 heterocycles. The highest BCUT2D eigenvalue weighted by molar-refractivity contribution is 8.00. The van der Waals surface area contributed by atoms with Gasteiger partial charge >= 0.3 is 0 Å². The fourth-order valence-electron chi connectivity index (χ4n) is 1.81. The minimum Gasteiger partial charge on any atom is -0.353 e. The highest BCUT2D eigenvalue weighted by atomic mass is 32.2. The van der Waals surface area contributed by atoms with Crippen molar-refractivity contribution in [2.75, 3.05) is 5.75 Å². The molecule has 0 saturated heterocycles. The number of hydrogen-bond acceptors (Lipinski definition) is 5. The third-order valence-corrected chi connectivity index (χ3v) is 5.40.